The van der Waals surface area contributed by atoms with Crippen LogP contribution in [-0.4, -0.2) is 93.2 Å². The van der Waals surface area contributed by atoms with Crippen LogP contribution in [0.1, 0.15) is 106 Å². The van der Waals surface area contributed by atoms with Crippen LogP contribution in [0.15, 0.2) is 58.8 Å². The second-order valence-electron chi connectivity index (χ2n) is 14.1. The Bertz CT molecular complexity index is 1690. The smallest absolute Gasteiger partial charge is 0.303 e. The molecule has 2 fully saturated rings. The van der Waals surface area contributed by atoms with Gasteiger partial charge in [-0.2, -0.15) is 0 Å². The first-order valence-corrected chi connectivity index (χ1v) is 18.1. The molecule has 4 aliphatic heterocycles. The number of nitrogens with one attached hydrogen (secondary N) is 2. The van der Waals surface area contributed by atoms with Gasteiger partial charge >= 0.3 is 5.97 Å². The summed E-state index contributed by atoms with van der Waals surface area (Å²) >= 11 is 0. The molecule has 0 aliphatic carbocycles. The number of carboxylic acids is 1. The maximum Gasteiger partial charge on any atom is 0.303 e. The van der Waals surface area contributed by atoms with Crippen molar-refractivity contribution >= 4 is 40.9 Å². The first-order valence-electron chi connectivity index (χ1n) is 18.1. The third kappa shape index (κ3) is 9.53. The van der Waals surface area contributed by atoms with Gasteiger partial charge in [-0.15, -0.1) is 0 Å². The van der Waals surface area contributed by atoms with Gasteiger partial charge in [0.1, 0.15) is 22.9 Å². The predicted octanol–water partition coefficient (Wildman–Crippen LogP) is 4.36. The highest BCUT2D eigenvalue weighted by atomic mass is 16.7. The summed E-state index contributed by atoms with van der Waals surface area (Å²) in [6.45, 7) is 4.78. The molecule has 2 aromatic rings. The molecule has 0 atom stereocenters. The zero-order chi connectivity index (χ0) is 37.3. The zero-order valence-corrected chi connectivity index (χ0v) is 29.9. The van der Waals surface area contributed by atoms with Crippen molar-refractivity contribution in [1.29, 1.82) is 10.8 Å². The third-order valence-electron chi connectivity index (χ3n) is 10.3. The fourth-order valence-corrected chi connectivity index (χ4v) is 6.94. The van der Waals surface area contributed by atoms with E-state index in [2.05, 4.69) is 17.2 Å². The Morgan fingerprint density at radius 1 is 0.692 bits per heavy atom. The third-order valence-corrected chi connectivity index (χ3v) is 10.3. The summed E-state index contributed by atoms with van der Waals surface area (Å²) in [4.78, 5) is 50.2. The van der Waals surface area contributed by atoms with Gasteiger partial charge in [0, 0.05) is 95.1 Å². The summed E-state index contributed by atoms with van der Waals surface area (Å²) in [6, 6.07) is 14.9. The molecule has 0 saturated carbocycles. The lowest BCUT2D eigenvalue weighted by atomic mass is 9.85. The summed E-state index contributed by atoms with van der Waals surface area (Å²) in [5.74, 6) is -0.516. The molecule has 6 rings (SSSR count). The number of rotatable bonds is 11. The van der Waals surface area contributed by atoms with E-state index < -0.39 is 5.97 Å². The summed E-state index contributed by atoms with van der Waals surface area (Å²) in [7, 11) is 0. The van der Waals surface area contributed by atoms with E-state index in [9.17, 15) is 14.4 Å². The number of benzene rings is 2. The molecule has 7 N–H and O–H groups in total. The number of likely N-dealkylation sites (tertiary alicyclic amines) is 2. The molecule has 14 heteroatoms. The average molecular weight is 715 g/mol. The van der Waals surface area contributed by atoms with Crippen molar-refractivity contribution in [3.8, 4) is 0 Å². The highest BCUT2D eigenvalue weighted by Gasteiger charge is 2.44. The Balaban J connectivity index is 0.000000202. The van der Waals surface area contributed by atoms with Crippen LogP contribution >= 0.6 is 0 Å². The largest absolute Gasteiger partial charge is 0.481 e. The van der Waals surface area contributed by atoms with E-state index in [1.165, 1.54) is 0 Å². The number of aliphatic carboxylic acids is 1. The van der Waals surface area contributed by atoms with E-state index in [1.54, 1.807) is 17.0 Å². The van der Waals surface area contributed by atoms with E-state index in [1.807, 2.05) is 41.3 Å². The quantitative estimate of drug-likeness (QED) is 0.166. The molecule has 278 valence electrons. The molecule has 14 nitrogen and oxygen atoms in total. The molecule has 2 amide bonds. The minimum atomic E-state index is -0.874. The maximum absolute atomic E-state index is 12.2. The van der Waals surface area contributed by atoms with E-state index in [-0.39, 0.29) is 47.5 Å². The monoisotopic (exact) mass is 714 g/mol. The Hall–Kier alpha value is -5.27. The minimum Gasteiger partial charge on any atom is -0.481 e. The standard InChI is InChI=1S/C19H24N4O4.C19H26N4O2/c20-18(21)14-6-4-13(5-7-14)15-12-19(27-22-15)8-10-23(11-9-19)16(24)2-1-3-17(25)26;1-2-3-4-17(24)23-11-9-19(10-12-23)13-16(22-25-19)14-5-7-15(8-6-14)18(20)21/h4-7H,1-3,8-12H2,(H3,20,21)(H,25,26);5-8H,2-4,9-13H2,1H3,(H3,20,21). The van der Waals surface area contributed by atoms with Crippen LogP contribution in [0.3, 0.4) is 0 Å². The van der Waals surface area contributed by atoms with Gasteiger partial charge in [-0.1, -0.05) is 72.2 Å². The first kappa shape index (κ1) is 38.0. The lowest BCUT2D eigenvalue weighted by molar-refractivity contribution is -0.139. The van der Waals surface area contributed by atoms with Gasteiger partial charge < -0.3 is 36.0 Å². The molecule has 0 radical (unpaired) electrons. The number of oxime groups is 2. The van der Waals surface area contributed by atoms with Crippen LogP contribution in [-0.2, 0) is 24.1 Å². The highest BCUT2D eigenvalue weighted by Crippen LogP contribution is 2.37. The molecule has 0 unspecified atom stereocenters. The number of carbonyl (C=O) groups excluding carboxylic acids is 2. The normalized spacial score (nSPS) is 18.4. The number of piperidine rings is 2. The van der Waals surface area contributed by atoms with Crippen molar-refractivity contribution < 1.29 is 29.2 Å². The van der Waals surface area contributed by atoms with Crippen molar-refractivity contribution in [2.75, 3.05) is 26.2 Å². The van der Waals surface area contributed by atoms with Crippen LogP contribution in [0.4, 0.5) is 0 Å². The lowest BCUT2D eigenvalue weighted by Crippen LogP contribution is -2.46. The average Bonchev–Trinajstić information content (AvgIpc) is 3.76. The Morgan fingerprint density at radius 3 is 1.42 bits per heavy atom. The molecule has 2 spiro atoms. The summed E-state index contributed by atoms with van der Waals surface area (Å²) in [5, 5.41) is 32.1. The molecular weight excluding hydrogens is 664 g/mol. The van der Waals surface area contributed by atoms with Crippen molar-refractivity contribution in [3.63, 3.8) is 0 Å². The number of unbranched alkanes of at least 4 members (excludes halogenated alkanes) is 1. The number of amides is 2. The van der Waals surface area contributed by atoms with E-state index >= 15 is 0 Å². The van der Waals surface area contributed by atoms with E-state index in [0.29, 0.717) is 56.3 Å². The SMILES string of the molecule is CCCCC(=O)N1CCC2(CC1)CC(c1ccc(C(=N)N)cc1)=NO2.N=C(N)c1ccc(C2=NOC3(CCN(C(=O)CCCC(=O)O)CC3)C2)cc1. The predicted molar refractivity (Wildman–Crippen MR) is 197 cm³/mol. The van der Waals surface area contributed by atoms with Crippen LogP contribution in [0.25, 0.3) is 0 Å². The number of carbonyl (C=O) groups is 3. The number of nitrogens with two attached hydrogens (primary N) is 2. The Morgan fingerprint density at radius 2 is 1.08 bits per heavy atom. The number of nitrogens with zero attached hydrogens (tertiary/aromatic N) is 4. The van der Waals surface area contributed by atoms with Gasteiger partial charge in [-0.3, -0.25) is 25.2 Å². The van der Waals surface area contributed by atoms with Gasteiger partial charge in [0.05, 0.1) is 11.4 Å². The van der Waals surface area contributed by atoms with Crippen molar-refractivity contribution in [3.05, 3.63) is 70.8 Å². The minimum absolute atomic E-state index is 0.00469. The van der Waals surface area contributed by atoms with Gasteiger partial charge in [0.15, 0.2) is 0 Å². The highest BCUT2D eigenvalue weighted by molar-refractivity contribution is 6.04. The van der Waals surface area contributed by atoms with Crippen molar-refractivity contribution in [2.24, 2.45) is 21.8 Å². The molecule has 52 heavy (non-hydrogen) atoms. The van der Waals surface area contributed by atoms with Gasteiger partial charge in [0.25, 0.3) is 0 Å². The topological polar surface area (TPSA) is 221 Å². The van der Waals surface area contributed by atoms with Crippen LogP contribution < -0.4 is 11.5 Å². The van der Waals surface area contributed by atoms with Crippen molar-refractivity contribution in [1.82, 2.24) is 9.80 Å². The lowest BCUT2D eigenvalue weighted by Gasteiger charge is -2.37. The Kier molecular flexibility index (Phi) is 12.3. The zero-order valence-electron chi connectivity index (χ0n) is 29.9. The van der Waals surface area contributed by atoms with Gasteiger partial charge in [-0.05, 0) is 24.0 Å². The fraction of sp³-hybridized carbons (Fsp3) is 0.500. The number of amidine groups is 2. The number of hydrogen-bond acceptors (Lipinski definition) is 9. The number of nitrogen functional groups attached to an aromatic ring is 2. The summed E-state index contributed by atoms with van der Waals surface area (Å²) in [6.07, 6.45) is 7.82. The number of hydrogen-bond donors (Lipinski definition) is 5. The number of carboxylic acid groups (broad SMARTS) is 1. The molecule has 2 saturated heterocycles. The maximum atomic E-state index is 12.2. The van der Waals surface area contributed by atoms with Crippen LogP contribution in [0.2, 0.25) is 0 Å². The van der Waals surface area contributed by atoms with Crippen LogP contribution in [0, 0.1) is 10.8 Å². The van der Waals surface area contributed by atoms with Gasteiger partial charge in [0.2, 0.25) is 11.8 Å². The molecule has 2 aromatic carbocycles. The Labute approximate surface area is 304 Å². The second-order valence-corrected chi connectivity index (χ2v) is 14.1. The van der Waals surface area contributed by atoms with Crippen LogP contribution in [0.5, 0.6) is 0 Å². The van der Waals surface area contributed by atoms with Gasteiger partial charge in [-0.25, -0.2) is 0 Å². The van der Waals surface area contributed by atoms with E-state index in [0.717, 1.165) is 67.7 Å². The first-order chi connectivity index (χ1) is 24.9. The molecule has 0 bridgehead atoms. The van der Waals surface area contributed by atoms with E-state index in [4.69, 9.17) is 37.1 Å². The molecular formula is C38H50N8O6. The molecule has 4 heterocycles. The fourth-order valence-electron chi connectivity index (χ4n) is 6.94. The van der Waals surface area contributed by atoms with Crippen molar-refractivity contribution in [2.45, 2.75) is 95.2 Å². The summed E-state index contributed by atoms with van der Waals surface area (Å²) in [5.41, 5.74) is 15.5. The molecule has 0 aromatic heterocycles. The second kappa shape index (κ2) is 16.8. The summed E-state index contributed by atoms with van der Waals surface area (Å²) < 4.78 is 0. The molecule has 4 aliphatic rings.